The molecule has 8 heteroatoms. The quantitative estimate of drug-likeness (QED) is 0.489. The van der Waals surface area contributed by atoms with Crippen molar-refractivity contribution in [3.05, 3.63) is 82.0 Å². The molecular weight excluding hydrogens is 360 g/mol. The Hall–Kier alpha value is -2.48. The number of benzene rings is 2. The molecule has 6 nitrogen and oxygen atoms in total. The van der Waals surface area contributed by atoms with E-state index >= 15 is 0 Å². The number of aromatic amines is 1. The van der Waals surface area contributed by atoms with Crippen molar-refractivity contribution in [1.82, 2.24) is 9.78 Å². The minimum atomic E-state index is -1.19. The zero-order chi connectivity index (χ0) is 18.7. The van der Waals surface area contributed by atoms with Gasteiger partial charge in [0.05, 0.1) is 11.4 Å². The van der Waals surface area contributed by atoms with Crippen molar-refractivity contribution in [2.75, 3.05) is 0 Å². The summed E-state index contributed by atoms with van der Waals surface area (Å²) in [7, 11) is 0. The molecular formula is C19H17FN3NaO3. The molecule has 1 aromatic heterocycles. The number of hydrogen-bond acceptors (Lipinski definition) is 3. The topological polar surface area (TPSA) is 87.5 Å². The second kappa shape index (κ2) is 8.94. The SMILES string of the molecule is Cc1[nH]n(-c2ccc(F)cc2)c(=O)c1N=C(Cc1ccccc1)C(=O)O.[H-].[Na+]. The molecule has 0 unspecified atom stereocenters. The Morgan fingerprint density at radius 2 is 1.81 bits per heavy atom. The monoisotopic (exact) mass is 377 g/mol. The van der Waals surface area contributed by atoms with Gasteiger partial charge in [-0.3, -0.25) is 9.89 Å². The normalized spacial score (nSPS) is 11.1. The maximum Gasteiger partial charge on any atom is 1.00 e. The predicted molar refractivity (Wildman–Crippen MR) is 97.1 cm³/mol. The van der Waals surface area contributed by atoms with E-state index in [1.54, 1.807) is 31.2 Å². The number of H-pyrrole nitrogens is 1. The minimum absolute atomic E-state index is 0. The molecule has 0 aliphatic rings. The van der Waals surface area contributed by atoms with Crippen LogP contribution in [0.5, 0.6) is 0 Å². The van der Waals surface area contributed by atoms with E-state index in [9.17, 15) is 19.1 Å². The van der Waals surface area contributed by atoms with Gasteiger partial charge in [-0.05, 0) is 36.8 Å². The van der Waals surface area contributed by atoms with Gasteiger partial charge >= 0.3 is 35.5 Å². The second-order valence-electron chi connectivity index (χ2n) is 5.73. The van der Waals surface area contributed by atoms with E-state index in [-0.39, 0.29) is 48.8 Å². The molecule has 0 radical (unpaired) electrons. The zero-order valence-electron chi connectivity index (χ0n) is 15.9. The Labute approximate surface area is 178 Å². The van der Waals surface area contributed by atoms with Crippen molar-refractivity contribution < 1.29 is 45.3 Å². The number of aryl methyl sites for hydroxylation is 1. The van der Waals surface area contributed by atoms with E-state index in [0.717, 1.165) is 5.56 Å². The van der Waals surface area contributed by atoms with Crippen molar-refractivity contribution in [1.29, 1.82) is 0 Å². The number of aromatic nitrogens is 2. The number of nitrogens with zero attached hydrogens (tertiary/aromatic N) is 2. The van der Waals surface area contributed by atoms with Crippen LogP contribution in [0, 0.1) is 12.7 Å². The summed E-state index contributed by atoms with van der Waals surface area (Å²) in [6.45, 7) is 1.63. The average Bonchev–Trinajstić information content (AvgIpc) is 2.90. The summed E-state index contributed by atoms with van der Waals surface area (Å²) in [4.78, 5) is 28.3. The molecule has 0 saturated carbocycles. The summed E-state index contributed by atoms with van der Waals surface area (Å²) in [5, 5.41) is 12.3. The summed E-state index contributed by atoms with van der Waals surface area (Å²) >= 11 is 0. The van der Waals surface area contributed by atoms with Gasteiger partial charge in [0.25, 0.3) is 5.56 Å². The molecule has 134 valence electrons. The van der Waals surface area contributed by atoms with Gasteiger partial charge in [-0.25, -0.2) is 18.9 Å². The summed E-state index contributed by atoms with van der Waals surface area (Å²) in [5.74, 6) is -1.61. The van der Waals surface area contributed by atoms with Crippen LogP contribution in [0.25, 0.3) is 5.69 Å². The van der Waals surface area contributed by atoms with Crippen LogP contribution in [0.4, 0.5) is 10.1 Å². The summed E-state index contributed by atoms with van der Waals surface area (Å²) < 4.78 is 14.3. The number of aliphatic carboxylic acids is 1. The molecule has 27 heavy (non-hydrogen) atoms. The van der Waals surface area contributed by atoms with Crippen LogP contribution in [-0.4, -0.2) is 26.6 Å². The Bertz CT molecular complexity index is 1030. The third-order valence-electron chi connectivity index (χ3n) is 3.83. The van der Waals surface area contributed by atoms with Crippen LogP contribution in [0.2, 0.25) is 0 Å². The Kier molecular flexibility index (Phi) is 6.90. The summed E-state index contributed by atoms with van der Waals surface area (Å²) in [5.41, 5.74) is 1.01. The number of carbonyl (C=O) groups is 1. The van der Waals surface area contributed by atoms with Gasteiger partial charge in [0, 0.05) is 6.42 Å². The van der Waals surface area contributed by atoms with E-state index in [1.165, 1.54) is 28.9 Å². The molecule has 0 fully saturated rings. The van der Waals surface area contributed by atoms with Crippen LogP contribution in [0.15, 0.2) is 64.4 Å². The number of carboxylic acids is 1. The fraction of sp³-hybridized carbons (Fsp3) is 0.105. The molecule has 2 N–H and O–H groups in total. The van der Waals surface area contributed by atoms with Crippen molar-refractivity contribution in [3.63, 3.8) is 0 Å². The molecule has 1 heterocycles. The van der Waals surface area contributed by atoms with E-state index in [1.807, 2.05) is 6.07 Å². The van der Waals surface area contributed by atoms with E-state index < -0.39 is 17.3 Å². The molecule has 0 atom stereocenters. The first-order chi connectivity index (χ1) is 12.5. The van der Waals surface area contributed by atoms with E-state index in [4.69, 9.17) is 0 Å². The first-order valence-electron chi connectivity index (χ1n) is 7.88. The molecule has 3 rings (SSSR count). The van der Waals surface area contributed by atoms with Gasteiger partial charge in [-0.1, -0.05) is 30.3 Å². The van der Waals surface area contributed by atoms with Crippen molar-refractivity contribution in [2.45, 2.75) is 13.3 Å². The van der Waals surface area contributed by atoms with Crippen molar-refractivity contribution >= 4 is 17.4 Å². The first kappa shape index (κ1) is 20.8. The molecule has 2 aromatic carbocycles. The predicted octanol–water partition coefficient (Wildman–Crippen LogP) is 0.129. The summed E-state index contributed by atoms with van der Waals surface area (Å²) in [6, 6.07) is 14.4. The van der Waals surface area contributed by atoms with Gasteiger partial charge in [0.15, 0.2) is 5.69 Å². The molecule has 0 aliphatic carbocycles. The van der Waals surface area contributed by atoms with Gasteiger partial charge in [-0.2, -0.15) is 0 Å². The largest absolute Gasteiger partial charge is 1.00 e. The van der Waals surface area contributed by atoms with Gasteiger partial charge in [-0.15, -0.1) is 0 Å². The van der Waals surface area contributed by atoms with Crippen LogP contribution in [-0.2, 0) is 11.2 Å². The van der Waals surface area contributed by atoms with Crippen molar-refractivity contribution in [2.24, 2.45) is 4.99 Å². The smallest absolute Gasteiger partial charge is 1.00 e. The fourth-order valence-electron chi connectivity index (χ4n) is 2.53. The Morgan fingerprint density at radius 1 is 1.19 bits per heavy atom. The van der Waals surface area contributed by atoms with E-state index in [2.05, 4.69) is 10.1 Å². The zero-order valence-corrected chi connectivity index (χ0v) is 16.9. The Morgan fingerprint density at radius 3 is 2.41 bits per heavy atom. The number of halogens is 1. The third kappa shape index (κ3) is 4.82. The Balaban J connectivity index is 0.00000196. The maximum absolute atomic E-state index is 13.1. The first-order valence-corrected chi connectivity index (χ1v) is 7.88. The second-order valence-corrected chi connectivity index (χ2v) is 5.73. The van der Waals surface area contributed by atoms with Crippen LogP contribution in [0.3, 0.4) is 0 Å². The molecule has 0 aliphatic heterocycles. The molecule has 0 spiro atoms. The molecule has 0 saturated heterocycles. The fourth-order valence-corrected chi connectivity index (χ4v) is 2.53. The van der Waals surface area contributed by atoms with Gasteiger partial charge < -0.3 is 6.53 Å². The van der Waals surface area contributed by atoms with Gasteiger partial charge in [0.1, 0.15) is 11.5 Å². The maximum atomic E-state index is 13.1. The molecule has 3 aromatic rings. The molecule has 0 bridgehead atoms. The summed E-state index contributed by atoms with van der Waals surface area (Å²) in [6.07, 6.45) is 0.0940. The molecule has 0 amide bonds. The van der Waals surface area contributed by atoms with Crippen LogP contribution in [0.1, 0.15) is 12.7 Å². The number of aliphatic imine (C=N–C) groups is 1. The number of carboxylic acid groups (broad SMARTS) is 1. The number of nitrogens with one attached hydrogen (secondary N) is 1. The average molecular weight is 377 g/mol. The number of rotatable bonds is 5. The number of hydrogen-bond donors (Lipinski definition) is 2. The van der Waals surface area contributed by atoms with Crippen LogP contribution >= 0.6 is 0 Å². The standard InChI is InChI=1S/C19H16FN3O3.Na.H/c1-12-17(18(24)23(22-12)15-9-7-14(20)8-10-15)21-16(19(25)26)11-13-5-3-2-4-6-13;;/h2-10,22H,11H2,1H3,(H,25,26);;/q;+1;-1. The minimum Gasteiger partial charge on any atom is -1.00 e. The van der Waals surface area contributed by atoms with E-state index in [0.29, 0.717) is 11.4 Å². The van der Waals surface area contributed by atoms with Gasteiger partial charge in [0.2, 0.25) is 0 Å². The van der Waals surface area contributed by atoms with Crippen molar-refractivity contribution in [3.8, 4) is 5.69 Å². The third-order valence-corrected chi connectivity index (χ3v) is 3.83. The van der Waals surface area contributed by atoms with Crippen LogP contribution < -0.4 is 35.1 Å².